The van der Waals surface area contributed by atoms with Crippen LogP contribution in [0.15, 0.2) is 30.5 Å². The number of nitrogens with one attached hydrogen (secondary N) is 2. The molecule has 0 spiro atoms. The Bertz CT molecular complexity index is 840. The van der Waals surface area contributed by atoms with E-state index in [-0.39, 0.29) is 10.7 Å². The summed E-state index contributed by atoms with van der Waals surface area (Å²) in [4.78, 5) is 4.53. The number of halogens is 1. The van der Waals surface area contributed by atoms with Gasteiger partial charge >= 0.3 is 0 Å². The zero-order chi connectivity index (χ0) is 17.3. The van der Waals surface area contributed by atoms with Crippen LogP contribution in [0.5, 0.6) is 0 Å². The van der Waals surface area contributed by atoms with Crippen LogP contribution in [0, 0.1) is 22.7 Å². The molecule has 0 radical (unpaired) electrons. The molecule has 1 aliphatic rings. The highest BCUT2D eigenvalue weighted by molar-refractivity contribution is 9.18. The number of aromatic nitrogens is 1. The number of nitrogens with two attached hydrogens (primary N) is 1. The first-order chi connectivity index (χ1) is 11.5. The van der Waals surface area contributed by atoms with Gasteiger partial charge in [0.1, 0.15) is 10.7 Å². The molecule has 4 N–H and O–H groups in total. The molecule has 5 nitrogen and oxygen atoms in total. The Labute approximate surface area is 149 Å². The number of nitrogen functional groups attached to an aromatic ring is 1. The Kier molecular flexibility index (Phi) is 4.54. The van der Waals surface area contributed by atoms with Crippen molar-refractivity contribution in [3.63, 3.8) is 0 Å². The van der Waals surface area contributed by atoms with E-state index in [1.807, 2.05) is 18.2 Å². The van der Waals surface area contributed by atoms with E-state index in [1.165, 1.54) is 0 Å². The zero-order valence-electron chi connectivity index (χ0n) is 13.3. The van der Waals surface area contributed by atoms with Crippen molar-refractivity contribution in [1.29, 1.82) is 10.7 Å². The molecule has 0 aliphatic heterocycles. The van der Waals surface area contributed by atoms with Crippen molar-refractivity contribution in [3.8, 4) is 6.07 Å². The number of nitrogens with zero attached hydrogens (tertiary/aromatic N) is 2. The quantitative estimate of drug-likeness (QED) is 0.550. The first kappa shape index (κ1) is 16.5. The van der Waals surface area contributed by atoms with Gasteiger partial charge in [0.15, 0.2) is 0 Å². The Hall–Kier alpha value is -2.39. The van der Waals surface area contributed by atoms with Crippen molar-refractivity contribution in [1.82, 2.24) is 4.98 Å². The van der Waals surface area contributed by atoms with Crippen LogP contribution in [-0.4, -0.2) is 9.60 Å². The summed E-state index contributed by atoms with van der Waals surface area (Å²) >= 11 is 3.18. The highest BCUT2D eigenvalue weighted by atomic mass is 79.9. The Morgan fingerprint density at radius 1 is 1.46 bits per heavy atom. The molecule has 122 valence electrons. The van der Waals surface area contributed by atoms with Gasteiger partial charge < -0.3 is 11.1 Å². The van der Waals surface area contributed by atoms with Crippen LogP contribution in [0.4, 0.5) is 11.4 Å². The summed E-state index contributed by atoms with van der Waals surface area (Å²) in [7, 11) is 0. The number of aryl methyl sites for hydroxylation is 1. The molecule has 2 atom stereocenters. The lowest BCUT2D eigenvalue weighted by atomic mass is 9.83. The largest absolute Gasteiger partial charge is 0.398 e. The molecule has 0 saturated heterocycles. The average molecular weight is 384 g/mol. The Morgan fingerprint density at radius 2 is 2.25 bits per heavy atom. The molecule has 2 unspecified atom stereocenters. The smallest absolute Gasteiger partial charge is 0.106 e. The van der Waals surface area contributed by atoms with Crippen LogP contribution in [0.2, 0.25) is 0 Å². The molecule has 1 aromatic heterocycles. The molecule has 6 heteroatoms. The van der Waals surface area contributed by atoms with Crippen LogP contribution in [0.1, 0.15) is 41.8 Å². The predicted molar refractivity (Wildman–Crippen MR) is 99.4 cm³/mol. The minimum atomic E-state index is 0.0717. The van der Waals surface area contributed by atoms with E-state index in [0.717, 1.165) is 29.8 Å². The summed E-state index contributed by atoms with van der Waals surface area (Å²) in [5, 5.41) is 20.3. The maximum atomic E-state index is 9.06. The second-order valence-corrected chi connectivity index (χ2v) is 6.93. The minimum absolute atomic E-state index is 0.0717. The molecule has 1 aromatic carbocycles. The van der Waals surface area contributed by atoms with E-state index in [9.17, 15) is 0 Å². The van der Waals surface area contributed by atoms with Crippen molar-refractivity contribution in [3.05, 3.63) is 52.8 Å². The van der Waals surface area contributed by atoms with Crippen LogP contribution >= 0.6 is 15.9 Å². The number of benzene rings is 1. The Morgan fingerprint density at radius 3 is 2.96 bits per heavy atom. The highest BCUT2D eigenvalue weighted by Crippen LogP contribution is 2.36. The third kappa shape index (κ3) is 3.13. The highest BCUT2D eigenvalue weighted by Gasteiger charge is 2.28. The maximum absolute atomic E-state index is 9.06. The molecule has 2 aromatic rings. The predicted octanol–water partition coefficient (Wildman–Crippen LogP) is 3.99. The normalized spacial score (nSPS) is 19.2. The van der Waals surface area contributed by atoms with Crippen LogP contribution < -0.4 is 11.1 Å². The molecular formula is C18H18BrN5. The van der Waals surface area contributed by atoms with Crippen molar-refractivity contribution in [2.45, 2.75) is 25.8 Å². The van der Waals surface area contributed by atoms with Crippen LogP contribution in [0.3, 0.4) is 0 Å². The molecule has 0 fully saturated rings. The van der Waals surface area contributed by atoms with Crippen LogP contribution in [0.25, 0.3) is 0 Å². The number of hydrogen-bond donors (Lipinski definition) is 3. The van der Waals surface area contributed by atoms with Gasteiger partial charge in [-0.15, -0.1) is 0 Å². The van der Waals surface area contributed by atoms with Crippen molar-refractivity contribution < 1.29 is 0 Å². The lowest BCUT2D eigenvalue weighted by Gasteiger charge is -2.32. The van der Waals surface area contributed by atoms with Crippen molar-refractivity contribution in [2.24, 2.45) is 5.92 Å². The average Bonchev–Trinajstić information content (AvgIpc) is 2.58. The van der Waals surface area contributed by atoms with Crippen molar-refractivity contribution in [2.75, 3.05) is 11.1 Å². The fraction of sp³-hybridized carbons (Fsp3) is 0.278. The number of nitriles is 1. The second-order valence-electron chi connectivity index (χ2n) is 6.13. The zero-order valence-corrected chi connectivity index (χ0v) is 14.9. The summed E-state index contributed by atoms with van der Waals surface area (Å²) in [6, 6.07) is 9.75. The summed E-state index contributed by atoms with van der Waals surface area (Å²) in [6.07, 6.45) is 3.61. The molecule has 0 saturated carbocycles. The molecule has 3 rings (SSSR count). The first-order valence-electron chi connectivity index (χ1n) is 7.79. The third-order valence-corrected chi connectivity index (χ3v) is 4.90. The molecule has 0 amide bonds. The molecular weight excluding hydrogens is 366 g/mol. The minimum Gasteiger partial charge on any atom is -0.398 e. The molecule has 1 heterocycles. The van der Waals surface area contributed by atoms with Gasteiger partial charge in [0.05, 0.1) is 17.3 Å². The summed E-state index contributed by atoms with van der Waals surface area (Å²) in [5.41, 5.74) is 10.8. The maximum Gasteiger partial charge on any atom is 0.106 e. The fourth-order valence-electron chi connectivity index (χ4n) is 3.11. The van der Waals surface area contributed by atoms with Gasteiger partial charge in [0, 0.05) is 23.1 Å². The summed E-state index contributed by atoms with van der Waals surface area (Å²) in [6.45, 7) is 2.20. The number of pyridine rings is 1. The van der Waals surface area contributed by atoms with E-state index in [4.69, 9.17) is 16.4 Å². The van der Waals surface area contributed by atoms with Crippen LogP contribution in [-0.2, 0) is 6.42 Å². The number of hydrogen-bond acceptors (Lipinski definition) is 5. The van der Waals surface area contributed by atoms with Gasteiger partial charge in [-0.25, -0.2) is 0 Å². The SMILES string of the molecule is CC1CCc2cc(C#N)cnc2C1Nc1ccc(N)c(C(=N)Br)c1. The lowest BCUT2D eigenvalue weighted by Crippen LogP contribution is -2.26. The summed E-state index contributed by atoms with van der Waals surface area (Å²) < 4.78 is 0.262. The molecule has 1 aliphatic carbocycles. The number of fused-ring (bicyclic) bond motifs is 1. The summed E-state index contributed by atoms with van der Waals surface area (Å²) in [5.74, 6) is 0.419. The monoisotopic (exact) mass is 383 g/mol. The van der Waals surface area contributed by atoms with E-state index in [0.29, 0.717) is 22.7 Å². The fourth-order valence-corrected chi connectivity index (χ4v) is 3.45. The molecule has 24 heavy (non-hydrogen) atoms. The van der Waals surface area contributed by atoms with Gasteiger partial charge in [-0.1, -0.05) is 6.92 Å². The molecule has 0 bridgehead atoms. The van der Waals surface area contributed by atoms with E-state index < -0.39 is 0 Å². The standard InChI is InChI=1S/C18H18BrN5/c1-10-2-3-12-6-11(8-20)9-23-17(12)16(10)24-13-4-5-15(21)14(7-13)18(19)22/h4-7,9-10,16,22,24H,2-3,21H2,1H3. The lowest BCUT2D eigenvalue weighted by molar-refractivity contribution is 0.425. The Balaban J connectivity index is 1.95. The van der Waals surface area contributed by atoms with Gasteiger partial charge in [-0.3, -0.25) is 10.4 Å². The van der Waals surface area contributed by atoms with E-state index in [1.54, 1.807) is 12.3 Å². The second kappa shape index (κ2) is 6.62. The van der Waals surface area contributed by atoms with E-state index in [2.05, 4.69) is 39.2 Å². The van der Waals surface area contributed by atoms with Crippen molar-refractivity contribution >= 4 is 31.9 Å². The third-order valence-electron chi connectivity index (χ3n) is 4.48. The topological polar surface area (TPSA) is 98.6 Å². The number of anilines is 2. The first-order valence-corrected chi connectivity index (χ1v) is 8.58. The van der Waals surface area contributed by atoms with Gasteiger partial charge in [-0.2, -0.15) is 5.26 Å². The van der Waals surface area contributed by atoms with Gasteiger partial charge in [0.25, 0.3) is 0 Å². The van der Waals surface area contributed by atoms with E-state index >= 15 is 0 Å². The number of rotatable bonds is 3. The van der Waals surface area contributed by atoms with Gasteiger partial charge in [-0.05, 0) is 64.5 Å². The van der Waals surface area contributed by atoms with Gasteiger partial charge in [0.2, 0.25) is 0 Å².